The number of nitrogens with zero attached hydrogens (tertiary/aromatic N) is 1. The quantitative estimate of drug-likeness (QED) is 0.849. The number of anilines is 2. The summed E-state index contributed by atoms with van der Waals surface area (Å²) in [5, 5.41) is 3.01. The Hall–Kier alpha value is -2.34. The fourth-order valence-corrected chi connectivity index (χ4v) is 1.94. The van der Waals surface area contributed by atoms with E-state index >= 15 is 0 Å². The number of rotatable bonds is 4. The van der Waals surface area contributed by atoms with E-state index < -0.39 is 11.8 Å². The third-order valence-electron chi connectivity index (χ3n) is 2.84. The third-order valence-corrected chi connectivity index (χ3v) is 3.13. The van der Waals surface area contributed by atoms with Gasteiger partial charge in [-0.05, 0) is 23.8 Å². The van der Waals surface area contributed by atoms with Crippen molar-refractivity contribution in [3.8, 4) is 0 Å². The molecule has 0 radical (unpaired) electrons. The van der Waals surface area contributed by atoms with Gasteiger partial charge in [-0.1, -0.05) is 17.7 Å². The number of pyridine rings is 1. The summed E-state index contributed by atoms with van der Waals surface area (Å²) in [5.41, 5.74) is 7.04. The number of nitrogens with one attached hydrogen (secondary N) is 1. The Morgan fingerprint density at radius 1 is 1.48 bits per heavy atom. The van der Waals surface area contributed by atoms with Crippen molar-refractivity contribution in [2.24, 2.45) is 0 Å². The molecule has 0 saturated carbocycles. The number of ether oxygens (including phenoxy) is 1. The van der Waals surface area contributed by atoms with Crippen molar-refractivity contribution in [2.75, 3.05) is 18.2 Å². The summed E-state index contributed by atoms with van der Waals surface area (Å²) in [5.74, 6) is -0.674. The van der Waals surface area contributed by atoms with Crippen LogP contribution in [0.25, 0.3) is 0 Å². The Morgan fingerprint density at radius 2 is 2.24 bits per heavy atom. The first-order valence-electron chi connectivity index (χ1n) is 6.03. The lowest BCUT2D eigenvalue weighted by Gasteiger charge is -2.11. The Bertz CT molecular complexity index is 679. The molecule has 1 aromatic heterocycles. The SMILES string of the molecule is COC(=O)c1ccnc(NCc2ccc(F)c(Cl)c2)c1N. The zero-order chi connectivity index (χ0) is 15.4. The standard InChI is InChI=1S/C14H13ClFN3O2/c1-21-14(20)9-4-5-18-13(12(9)17)19-7-8-2-3-11(16)10(15)6-8/h2-6H,7,17H2,1H3,(H,18,19). The van der Waals surface area contributed by atoms with Crippen LogP contribution in [0.4, 0.5) is 15.9 Å². The van der Waals surface area contributed by atoms with Crippen LogP contribution in [0, 0.1) is 5.82 Å². The van der Waals surface area contributed by atoms with Gasteiger partial charge in [0.25, 0.3) is 0 Å². The number of benzene rings is 1. The van der Waals surface area contributed by atoms with Gasteiger partial charge in [0.2, 0.25) is 0 Å². The minimum atomic E-state index is -0.539. The van der Waals surface area contributed by atoms with E-state index in [1.165, 1.54) is 31.5 Å². The molecule has 1 aromatic carbocycles. The number of nitrogen functional groups attached to an aromatic ring is 1. The summed E-state index contributed by atoms with van der Waals surface area (Å²) >= 11 is 5.71. The average Bonchev–Trinajstić information content (AvgIpc) is 2.49. The molecule has 0 unspecified atom stereocenters. The Kier molecular flexibility index (Phi) is 4.59. The first kappa shape index (κ1) is 15.1. The summed E-state index contributed by atoms with van der Waals surface area (Å²) in [6, 6.07) is 5.85. The van der Waals surface area contributed by atoms with Gasteiger partial charge in [0.05, 0.1) is 23.4 Å². The van der Waals surface area contributed by atoms with Crippen LogP contribution in [-0.2, 0) is 11.3 Å². The van der Waals surface area contributed by atoms with Crippen molar-refractivity contribution in [1.29, 1.82) is 0 Å². The number of halogens is 2. The van der Waals surface area contributed by atoms with E-state index in [2.05, 4.69) is 15.0 Å². The molecule has 0 fully saturated rings. The average molecular weight is 310 g/mol. The summed E-state index contributed by atoms with van der Waals surface area (Å²) in [7, 11) is 1.27. The molecular formula is C14H13ClFN3O2. The molecular weight excluding hydrogens is 297 g/mol. The van der Waals surface area contributed by atoms with E-state index in [1.54, 1.807) is 6.07 Å². The first-order chi connectivity index (χ1) is 10.0. The highest BCUT2D eigenvalue weighted by molar-refractivity contribution is 6.30. The summed E-state index contributed by atoms with van der Waals surface area (Å²) in [6.07, 6.45) is 1.45. The van der Waals surface area contributed by atoms with Gasteiger partial charge in [0, 0.05) is 12.7 Å². The maximum absolute atomic E-state index is 13.1. The normalized spacial score (nSPS) is 10.2. The summed E-state index contributed by atoms with van der Waals surface area (Å²) in [6.45, 7) is 0.335. The van der Waals surface area contributed by atoms with Crippen LogP contribution in [0.2, 0.25) is 5.02 Å². The maximum atomic E-state index is 13.1. The van der Waals surface area contributed by atoms with Crippen molar-refractivity contribution >= 4 is 29.1 Å². The number of methoxy groups -OCH3 is 1. The van der Waals surface area contributed by atoms with Crippen LogP contribution in [0.15, 0.2) is 30.5 Å². The van der Waals surface area contributed by atoms with Gasteiger partial charge < -0.3 is 15.8 Å². The van der Waals surface area contributed by atoms with E-state index in [4.69, 9.17) is 17.3 Å². The number of carbonyl (C=O) groups excluding carboxylic acids is 1. The zero-order valence-electron chi connectivity index (χ0n) is 11.2. The predicted molar refractivity (Wildman–Crippen MR) is 78.7 cm³/mol. The van der Waals surface area contributed by atoms with E-state index in [-0.39, 0.29) is 16.3 Å². The topological polar surface area (TPSA) is 77.2 Å². The number of hydrogen-bond donors (Lipinski definition) is 2. The second-order valence-corrected chi connectivity index (χ2v) is 4.62. The molecule has 0 saturated heterocycles. The molecule has 110 valence electrons. The van der Waals surface area contributed by atoms with E-state index in [9.17, 15) is 9.18 Å². The van der Waals surface area contributed by atoms with Crippen molar-refractivity contribution in [2.45, 2.75) is 6.54 Å². The van der Waals surface area contributed by atoms with Gasteiger partial charge in [-0.15, -0.1) is 0 Å². The number of aromatic nitrogens is 1. The fourth-order valence-electron chi connectivity index (χ4n) is 1.74. The molecule has 0 aliphatic carbocycles. The van der Waals surface area contributed by atoms with Crippen LogP contribution >= 0.6 is 11.6 Å². The molecule has 2 aromatic rings. The lowest BCUT2D eigenvalue weighted by atomic mass is 10.2. The predicted octanol–water partition coefficient (Wildman–Crippen LogP) is 2.86. The smallest absolute Gasteiger partial charge is 0.340 e. The molecule has 0 amide bonds. The van der Waals surface area contributed by atoms with E-state index in [0.29, 0.717) is 12.4 Å². The highest BCUT2D eigenvalue weighted by Gasteiger charge is 2.13. The Morgan fingerprint density at radius 3 is 2.90 bits per heavy atom. The van der Waals surface area contributed by atoms with Crippen LogP contribution in [0.3, 0.4) is 0 Å². The van der Waals surface area contributed by atoms with Gasteiger partial charge in [0.1, 0.15) is 11.6 Å². The molecule has 21 heavy (non-hydrogen) atoms. The fraction of sp³-hybridized carbons (Fsp3) is 0.143. The Labute approximate surface area is 125 Å². The largest absolute Gasteiger partial charge is 0.465 e. The van der Waals surface area contributed by atoms with Gasteiger partial charge in [-0.25, -0.2) is 14.2 Å². The minimum absolute atomic E-state index is 0.0403. The van der Waals surface area contributed by atoms with Crippen LogP contribution < -0.4 is 11.1 Å². The lowest BCUT2D eigenvalue weighted by Crippen LogP contribution is -2.10. The van der Waals surface area contributed by atoms with Crippen molar-refractivity contribution < 1.29 is 13.9 Å². The second-order valence-electron chi connectivity index (χ2n) is 4.21. The highest BCUT2D eigenvalue weighted by atomic mass is 35.5. The molecule has 0 spiro atoms. The molecule has 0 aliphatic heterocycles. The maximum Gasteiger partial charge on any atom is 0.340 e. The zero-order valence-corrected chi connectivity index (χ0v) is 11.9. The molecule has 7 heteroatoms. The molecule has 5 nitrogen and oxygen atoms in total. The van der Waals surface area contributed by atoms with Crippen LogP contribution in [-0.4, -0.2) is 18.1 Å². The Balaban J connectivity index is 2.16. The molecule has 0 bridgehead atoms. The number of nitrogens with two attached hydrogens (primary N) is 1. The third kappa shape index (κ3) is 3.41. The van der Waals surface area contributed by atoms with Crippen LogP contribution in [0.5, 0.6) is 0 Å². The van der Waals surface area contributed by atoms with Crippen molar-refractivity contribution in [1.82, 2.24) is 4.98 Å². The van der Waals surface area contributed by atoms with E-state index in [0.717, 1.165) is 5.56 Å². The van der Waals surface area contributed by atoms with E-state index in [1.807, 2.05) is 0 Å². The monoisotopic (exact) mass is 309 g/mol. The lowest BCUT2D eigenvalue weighted by molar-refractivity contribution is 0.0602. The highest BCUT2D eigenvalue weighted by Crippen LogP contribution is 2.22. The molecule has 2 rings (SSSR count). The van der Waals surface area contributed by atoms with Crippen molar-refractivity contribution in [3.63, 3.8) is 0 Å². The van der Waals surface area contributed by atoms with Crippen molar-refractivity contribution in [3.05, 3.63) is 52.4 Å². The summed E-state index contributed by atoms with van der Waals surface area (Å²) in [4.78, 5) is 15.6. The van der Waals surface area contributed by atoms with Gasteiger partial charge in [-0.2, -0.15) is 0 Å². The number of carbonyl (C=O) groups is 1. The van der Waals surface area contributed by atoms with Gasteiger partial charge in [-0.3, -0.25) is 0 Å². The van der Waals surface area contributed by atoms with Crippen LogP contribution in [0.1, 0.15) is 15.9 Å². The number of hydrogen-bond acceptors (Lipinski definition) is 5. The molecule has 0 aliphatic rings. The summed E-state index contributed by atoms with van der Waals surface area (Å²) < 4.78 is 17.7. The van der Waals surface area contributed by atoms with Gasteiger partial charge >= 0.3 is 5.97 Å². The van der Waals surface area contributed by atoms with Gasteiger partial charge in [0.15, 0.2) is 0 Å². The molecule has 3 N–H and O–H groups in total. The second kappa shape index (κ2) is 6.41. The minimum Gasteiger partial charge on any atom is -0.465 e. The number of esters is 1. The molecule has 1 heterocycles. The molecule has 0 atom stereocenters. The first-order valence-corrected chi connectivity index (χ1v) is 6.41.